The average molecular weight is 306 g/mol. The summed E-state index contributed by atoms with van der Waals surface area (Å²) < 4.78 is 5.51. The second-order valence-corrected chi connectivity index (χ2v) is 5.75. The lowest BCUT2D eigenvalue weighted by Gasteiger charge is -2.25. The van der Waals surface area contributed by atoms with Crippen molar-refractivity contribution in [3.8, 4) is 0 Å². The van der Waals surface area contributed by atoms with E-state index in [9.17, 15) is 0 Å². The number of nitrogens with zero attached hydrogens (tertiary/aromatic N) is 3. The van der Waals surface area contributed by atoms with Crippen LogP contribution in [-0.4, -0.2) is 21.6 Å². The molecule has 0 aliphatic carbocycles. The van der Waals surface area contributed by atoms with E-state index in [2.05, 4.69) is 26.4 Å². The summed E-state index contributed by atoms with van der Waals surface area (Å²) in [6, 6.07) is 14.1. The van der Waals surface area contributed by atoms with Crippen LogP contribution in [0.3, 0.4) is 0 Å². The molecule has 0 amide bonds. The molecule has 3 heterocycles. The van der Waals surface area contributed by atoms with Gasteiger partial charge in [0.15, 0.2) is 5.82 Å². The summed E-state index contributed by atoms with van der Waals surface area (Å²) in [4.78, 5) is 6.58. The highest BCUT2D eigenvalue weighted by Gasteiger charge is 2.24. The van der Waals surface area contributed by atoms with Gasteiger partial charge in [-0.05, 0) is 23.8 Å². The molecule has 5 heteroatoms. The van der Waals surface area contributed by atoms with Crippen LogP contribution in [0, 0.1) is 0 Å². The summed E-state index contributed by atoms with van der Waals surface area (Å²) in [5.41, 5.74) is 3.40. The van der Waals surface area contributed by atoms with Gasteiger partial charge >= 0.3 is 0 Å². The zero-order valence-corrected chi connectivity index (χ0v) is 12.8. The fraction of sp³-hybridized carbons (Fsp3) is 0.222. The zero-order valence-electron chi connectivity index (χ0n) is 12.8. The maximum Gasteiger partial charge on any atom is 0.178 e. The van der Waals surface area contributed by atoms with E-state index >= 15 is 0 Å². The van der Waals surface area contributed by atoms with Crippen LogP contribution in [0.5, 0.6) is 0 Å². The van der Waals surface area contributed by atoms with Crippen molar-refractivity contribution in [1.29, 1.82) is 0 Å². The minimum absolute atomic E-state index is 0.821. The van der Waals surface area contributed by atoms with E-state index in [1.54, 1.807) is 6.20 Å². The Balaban J connectivity index is 1.51. The van der Waals surface area contributed by atoms with Crippen molar-refractivity contribution < 1.29 is 4.52 Å². The van der Waals surface area contributed by atoms with Crippen LogP contribution >= 0.6 is 0 Å². The molecule has 0 bridgehead atoms. The molecule has 1 aliphatic heterocycles. The van der Waals surface area contributed by atoms with Gasteiger partial charge in [0.2, 0.25) is 0 Å². The summed E-state index contributed by atoms with van der Waals surface area (Å²) in [5, 5.41) is 7.56. The molecule has 23 heavy (non-hydrogen) atoms. The molecule has 1 aromatic carbocycles. The Labute approximate surface area is 134 Å². The highest BCUT2D eigenvalue weighted by atomic mass is 16.5. The Morgan fingerprint density at radius 2 is 2.04 bits per heavy atom. The number of benzene rings is 1. The molecule has 1 N–H and O–H groups in total. The Hall–Kier alpha value is -2.66. The lowest BCUT2D eigenvalue weighted by Crippen LogP contribution is -2.29. The summed E-state index contributed by atoms with van der Waals surface area (Å²) in [6.45, 7) is 2.70. The van der Waals surface area contributed by atoms with E-state index in [4.69, 9.17) is 4.52 Å². The van der Waals surface area contributed by atoms with Gasteiger partial charge in [-0.2, -0.15) is 0 Å². The molecule has 1 aliphatic rings. The summed E-state index contributed by atoms with van der Waals surface area (Å²) >= 11 is 0. The average Bonchev–Trinajstić information content (AvgIpc) is 2.99. The molecular weight excluding hydrogens is 288 g/mol. The molecule has 0 fully saturated rings. The molecule has 4 rings (SSSR count). The van der Waals surface area contributed by atoms with Gasteiger partial charge in [-0.15, -0.1) is 0 Å². The van der Waals surface area contributed by atoms with Gasteiger partial charge in [0.25, 0.3) is 0 Å². The number of aromatic nitrogens is 2. The van der Waals surface area contributed by atoms with Crippen LogP contribution in [0.15, 0.2) is 59.4 Å². The first-order chi connectivity index (χ1) is 11.4. The number of hydrogen-bond donors (Lipinski definition) is 1. The standard InChI is InChI=1S/C18H18N4O/c1-2-6-15(7-3-1)20-18-16-13-22(10-8-17(16)23-21-18)12-14-5-4-9-19-11-14/h1-7,9,11H,8,10,12-13H2,(H,20,21). The smallest absolute Gasteiger partial charge is 0.178 e. The van der Waals surface area contributed by atoms with Crippen LogP contribution in [0.1, 0.15) is 16.9 Å². The molecule has 0 atom stereocenters. The number of para-hydroxylation sites is 1. The molecule has 116 valence electrons. The molecule has 5 nitrogen and oxygen atoms in total. The third-order valence-corrected chi connectivity index (χ3v) is 4.07. The second kappa shape index (κ2) is 6.22. The van der Waals surface area contributed by atoms with Crippen molar-refractivity contribution in [3.63, 3.8) is 0 Å². The first-order valence-corrected chi connectivity index (χ1v) is 7.79. The highest BCUT2D eigenvalue weighted by molar-refractivity contribution is 5.59. The van der Waals surface area contributed by atoms with E-state index in [0.29, 0.717) is 0 Å². The van der Waals surface area contributed by atoms with E-state index in [-0.39, 0.29) is 0 Å². The molecule has 0 saturated carbocycles. The normalized spacial score (nSPS) is 14.4. The maximum atomic E-state index is 5.51. The number of pyridine rings is 1. The molecule has 0 saturated heterocycles. The fourth-order valence-corrected chi connectivity index (χ4v) is 2.91. The number of fused-ring (bicyclic) bond motifs is 1. The predicted molar refractivity (Wildman–Crippen MR) is 88.3 cm³/mol. The molecule has 0 unspecified atom stereocenters. The molecule has 2 aromatic heterocycles. The summed E-state index contributed by atoms with van der Waals surface area (Å²) in [7, 11) is 0. The number of hydrogen-bond acceptors (Lipinski definition) is 5. The summed E-state index contributed by atoms with van der Waals surface area (Å²) in [6.07, 6.45) is 4.62. The van der Waals surface area contributed by atoms with Crippen molar-refractivity contribution in [2.24, 2.45) is 0 Å². The lowest BCUT2D eigenvalue weighted by atomic mass is 10.1. The van der Waals surface area contributed by atoms with E-state index in [1.807, 2.05) is 42.6 Å². The van der Waals surface area contributed by atoms with Gasteiger partial charge in [0.05, 0.1) is 5.56 Å². The number of rotatable bonds is 4. The minimum Gasteiger partial charge on any atom is -0.359 e. The lowest BCUT2D eigenvalue weighted by molar-refractivity contribution is 0.228. The predicted octanol–water partition coefficient (Wildman–Crippen LogP) is 3.37. The van der Waals surface area contributed by atoms with Crippen molar-refractivity contribution in [2.75, 3.05) is 11.9 Å². The largest absolute Gasteiger partial charge is 0.359 e. The quantitative estimate of drug-likeness (QED) is 0.801. The van der Waals surface area contributed by atoms with Gasteiger partial charge < -0.3 is 9.84 Å². The maximum absolute atomic E-state index is 5.51. The second-order valence-electron chi connectivity index (χ2n) is 5.75. The fourth-order valence-electron chi connectivity index (χ4n) is 2.91. The topological polar surface area (TPSA) is 54.2 Å². The van der Waals surface area contributed by atoms with Crippen LogP contribution in [0.25, 0.3) is 0 Å². The van der Waals surface area contributed by atoms with Gasteiger partial charge in [-0.3, -0.25) is 9.88 Å². The monoisotopic (exact) mass is 306 g/mol. The molecular formula is C18H18N4O. The Morgan fingerprint density at radius 1 is 1.13 bits per heavy atom. The number of nitrogens with one attached hydrogen (secondary N) is 1. The molecule has 0 spiro atoms. The van der Waals surface area contributed by atoms with Crippen LogP contribution in [-0.2, 0) is 19.5 Å². The first-order valence-electron chi connectivity index (χ1n) is 7.79. The van der Waals surface area contributed by atoms with Crippen molar-refractivity contribution in [3.05, 3.63) is 71.7 Å². The van der Waals surface area contributed by atoms with Crippen LogP contribution in [0.2, 0.25) is 0 Å². The SMILES string of the molecule is c1ccc(Nc2noc3c2CN(Cc2cccnc2)CC3)cc1. The van der Waals surface area contributed by atoms with Crippen molar-refractivity contribution >= 4 is 11.5 Å². The summed E-state index contributed by atoms with van der Waals surface area (Å²) in [5.74, 6) is 1.81. The highest BCUT2D eigenvalue weighted by Crippen LogP contribution is 2.28. The Bertz CT molecular complexity index is 770. The molecule has 0 radical (unpaired) electrons. The molecule has 3 aromatic rings. The Kier molecular flexibility index (Phi) is 3.78. The van der Waals surface area contributed by atoms with Crippen LogP contribution in [0.4, 0.5) is 11.5 Å². The van der Waals surface area contributed by atoms with E-state index in [1.165, 1.54) is 5.56 Å². The number of anilines is 2. The van der Waals surface area contributed by atoms with Gasteiger partial charge in [-0.1, -0.05) is 29.4 Å². The third kappa shape index (κ3) is 3.10. The van der Waals surface area contributed by atoms with E-state index < -0.39 is 0 Å². The third-order valence-electron chi connectivity index (χ3n) is 4.07. The minimum atomic E-state index is 0.821. The Morgan fingerprint density at radius 3 is 2.87 bits per heavy atom. The van der Waals surface area contributed by atoms with Crippen LogP contribution < -0.4 is 5.32 Å². The van der Waals surface area contributed by atoms with Gasteiger partial charge in [-0.25, -0.2) is 0 Å². The van der Waals surface area contributed by atoms with Gasteiger partial charge in [0, 0.05) is 44.1 Å². The van der Waals surface area contributed by atoms with Crippen molar-refractivity contribution in [1.82, 2.24) is 15.0 Å². The van der Waals surface area contributed by atoms with Crippen molar-refractivity contribution in [2.45, 2.75) is 19.5 Å². The zero-order chi connectivity index (χ0) is 15.5. The van der Waals surface area contributed by atoms with E-state index in [0.717, 1.165) is 48.9 Å². The first kappa shape index (κ1) is 14.0. The van der Waals surface area contributed by atoms with Gasteiger partial charge in [0.1, 0.15) is 5.76 Å².